The molecule has 0 atom stereocenters. The lowest BCUT2D eigenvalue weighted by Gasteiger charge is -2.06. The van der Waals surface area contributed by atoms with Gasteiger partial charge in [-0.05, 0) is 47.6 Å². The van der Waals surface area contributed by atoms with E-state index in [0.717, 1.165) is 0 Å². The second kappa shape index (κ2) is 8.08. The molecule has 0 saturated heterocycles. The summed E-state index contributed by atoms with van der Waals surface area (Å²) in [5, 5.41) is -1.85. The summed E-state index contributed by atoms with van der Waals surface area (Å²) in [5.74, 6) is -0.931. The van der Waals surface area contributed by atoms with Crippen molar-refractivity contribution < 1.29 is 14.4 Å². The fourth-order valence-corrected chi connectivity index (χ4v) is 1.71. The van der Waals surface area contributed by atoms with Crippen molar-refractivity contribution in [3.63, 3.8) is 0 Å². The number of rotatable bonds is 8. The van der Waals surface area contributed by atoms with Gasteiger partial charge in [0.15, 0.2) is 0 Å². The lowest BCUT2D eigenvalue weighted by molar-refractivity contribution is -0.124. The minimum atomic E-state index is -0.931. The van der Waals surface area contributed by atoms with Gasteiger partial charge in [-0.3, -0.25) is 14.4 Å². The third-order valence-electron chi connectivity index (χ3n) is 1.91. The van der Waals surface area contributed by atoms with Crippen LogP contribution in [0.3, 0.4) is 0 Å². The van der Waals surface area contributed by atoms with Crippen molar-refractivity contribution in [3.05, 3.63) is 0 Å². The normalized spacial score (nSPS) is 10.4. The molecule has 0 aliphatic rings. The predicted octanol–water partition coefficient (Wildman–Crippen LogP) is 2.85. The quantitative estimate of drug-likeness (QED) is 0.388. The van der Waals surface area contributed by atoms with E-state index in [4.69, 9.17) is 34.8 Å². The van der Waals surface area contributed by atoms with Crippen LogP contribution in [-0.4, -0.2) is 15.7 Å². The van der Waals surface area contributed by atoms with Crippen molar-refractivity contribution in [2.24, 2.45) is 5.92 Å². The van der Waals surface area contributed by atoms with E-state index in [2.05, 4.69) is 0 Å². The Morgan fingerprint density at radius 3 is 1.80 bits per heavy atom. The van der Waals surface area contributed by atoms with Gasteiger partial charge in [-0.15, -0.1) is 0 Å². The molecule has 0 saturated carbocycles. The summed E-state index contributed by atoms with van der Waals surface area (Å²) in [5.41, 5.74) is 0. The molecule has 0 aromatic carbocycles. The fraction of sp³-hybridized carbons (Fsp3) is 0.667. The molecule has 6 heteroatoms. The Kier molecular flexibility index (Phi) is 8.02. The molecule has 0 N–H and O–H groups in total. The van der Waals surface area contributed by atoms with E-state index in [1.807, 2.05) is 0 Å². The summed E-state index contributed by atoms with van der Waals surface area (Å²) >= 11 is 15.5. The Balaban J connectivity index is 3.68. The van der Waals surface area contributed by atoms with Crippen molar-refractivity contribution in [2.75, 3.05) is 0 Å². The molecule has 3 nitrogen and oxygen atoms in total. The molecule has 0 amide bonds. The van der Waals surface area contributed by atoms with Gasteiger partial charge in [-0.2, -0.15) is 0 Å². The zero-order chi connectivity index (χ0) is 11.8. The fourth-order valence-electron chi connectivity index (χ4n) is 1.11. The van der Waals surface area contributed by atoms with Gasteiger partial charge in [0.25, 0.3) is 0 Å². The topological polar surface area (TPSA) is 51.2 Å². The van der Waals surface area contributed by atoms with Gasteiger partial charge in [0.2, 0.25) is 15.7 Å². The van der Waals surface area contributed by atoms with Crippen molar-refractivity contribution in [2.45, 2.75) is 32.1 Å². The molecule has 0 fully saturated rings. The number of halogens is 3. The Hall–Kier alpha value is -0.120. The molecule has 0 unspecified atom stereocenters. The van der Waals surface area contributed by atoms with Gasteiger partial charge in [0.05, 0.1) is 0 Å². The van der Waals surface area contributed by atoms with Gasteiger partial charge < -0.3 is 0 Å². The molecule has 15 heavy (non-hydrogen) atoms. The zero-order valence-corrected chi connectivity index (χ0v) is 10.2. The summed E-state index contributed by atoms with van der Waals surface area (Å²) in [6.07, 6.45) is 2.59. The van der Waals surface area contributed by atoms with E-state index in [9.17, 15) is 14.4 Å². The van der Waals surface area contributed by atoms with E-state index >= 15 is 0 Å². The molecule has 0 rings (SSSR count). The Bertz CT molecular complexity index is 239. The second-order valence-corrected chi connectivity index (χ2v) is 4.28. The molecule has 0 spiro atoms. The first kappa shape index (κ1) is 14.9. The van der Waals surface area contributed by atoms with Gasteiger partial charge in [0.1, 0.15) is 5.92 Å². The number of unbranched alkanes of at least 4 members (excludes halogenated alkanes) is 2. The number of hydrogen-bond donors (Lipinski definition) is 0. The SMILES string of the molecule is O=C(Cl)CCCCCC(C(=O)Cl)C(=O)Cl. The molecule has 0 aliphatic carbocycles. The van der Waals surface area contributed by atoms with Crippen molar-refractivity contribution in [1.82, 2.24) is 0 Å². The summed E-state index contributed by atoms with van der Waals surface area (Å²) in [4.78, 5) is 31.9. The van der Waals surface area contributed by atoms with Crippen LogP contribution >= 0.6 is 34.8 Å². The van der Waals surface area contributed by atoms with Crippen molar-refractivity contribution >= 4 is 50.5 Å². The van der Waals surface area contributed by atoms with E-state index in [-0.39, 0.29) is 5.24 Å². The number of carbonyl (C=O) groups excluding carboxylic acids is 3. The number of hydrogen-bond acceptors (Lipinski definition) is 3. The molecule has 0 heterocycles. The van der Waals surface area contributed by atoms with E-state index in [1.165, 1.54) is 0 Å². The van der Waals surface area contributed by atoms with Crippen LogP contribution in [0.2, 0.25) is 0 Å². The third kappa shape index (κ3) is 7.77. The molecule has 0 aromatic heterocycles. The summed E-state index contributed by atoms with van der Waals surface area (Å²) in [7, 11) is 0. The summed E-state index contributed by atoms with van der Waals surface area (Å²) < 4.78 is 0. The van der Waals surface area contributed by atoms with Crippen LogP contribution in [0.25, 0.3) is 0 Å². The highest BCUT2D eigenvalue weighted by molar-refractivity contribution is 6.73. The molecule has 0 radical (unpaired) electrons. The minimum absolute atomic E-state index is 0.301. The second-order valence-electron chi connectivity index (χ2n) is 3.12. The van der Waals surface area contributed by atoms with Crippen molar-refractivity contribution in [1.29, 1.82) is 0 Å². The van der Waals surface area contributed by atoms with Crippen LogP contribution < -0.4 is 0 Å². The van der Waals surface area contributed by atoms with Crippen LogP contribution in [0.4, 0.5) is 0 Å². The maximum absolute atomic E-state index is 10.7. The first-order valence-electron chi connectivity index (χ1n) is 4.52. The maximum Gasteiger partial charge on any atom is 0.233 e. The first-order chi connectivity index (χ1) is 6.95. The summed E-state index contributed by atoms with van der Waals surface area (Å²) in [6.45, 7) is 0. The molecule has 0 bridgehead atoms. The van der Waals surface area contributed by atoms with Crippen LogP contribution in [0.15, 0.2) is 0 Å². The van der Waals surface area contributed by atoms with E-state index in [0.29, 0.717) is 32.1 Å². The monoisotopic (exact) mass is 272 g/mol. The zero-order valence-electron chi connectivity index (χ0n) is 7.97. The first-order valence-corrected chi connectivity index (χ1v) is 5.65. The summed E-state index contributed by atoms with van der Waals surface area (Å²) in [6, 6.07) is 0. The largest absolute Gasteiger partial charge is 0.281 e. The highest BCUT2D eigenvalue weighted by atomic mass is 35.5. The predicted molar refractivity (Wildman–Crippen MR) is 59.2 cm³/mol. The van der Waals surface area contributed by atoms with Gasteiger partial charge >= 0.3 is 0 Å². The van der Waals surface area contributed by atoms with Gasteiger partial charge in [-0.25, -0.2) is 0 Å². The van der Waals surface area contributed by atoms with Gasteiger partial charge in [-0.1, -0.05) is 12.8 Å². The highest BCUT2D eigenvalue weighted by Gasteiger charge is 2.22. The third-order valence-corrected chi connectivity index (χ3v) is 2.63. The molecular formula is C9H11Cl3O3. The Morgan fingerprint density at radius 1 is 0.867 bits per heavy atom. The smallest absolute Gasteiger partial charge is 0.233 e. The lowest BCUT2D eigenvalue weighted by atomic mass is 10.0. The Morgan fingerprint density at radius 2 is 1.40 bits per heavy atom. The van der Waals surface area contributed by atoms with E-state index in [1.54, 1.807) is 0 Å². The van der Waals surface area contributed by atoms with Crippen LogP contribution in [-0.2, 0) is 14.4 Å². The highest BCUT2D eigenvalue weighted by Crippen LogP contribution is 2.16. The van der Waals surface area contributed by atoms with Crippen LogP contribution in [0, 0.1) is 5.92 Å². The number of carbonyl (C=O) groups is 3. The van der Waals surface area contributed by atoms with E-state index < -0.39 is 16.4 Å². The van der Waals surface area contributed by atoms with Crippen LogP contribution in [0.5, 0.6) is 0 Å². The Labute approximate surface area is 103 Å². The lowest BCUT2D eigenvalue weighted by Crippen LogP contribution is -2.15. The van der Waals surface area contributed by atoms with Crippen LogP contribution in [0.1, 0.15) is 32.1 Å². The molecule has 0 aromatic rings. The average molecular weight is 274 g/mol. The molecule has 86 valence electrons. The standard InChI is InChI=1S/C9H11Cl3O3/c10-7(13)5-3-1-2-4-6(8(11)14)9(12)15/h6H,1-5H2. The maximum atomic E-state index is 10.7. The average Bonchev–Trinajstić information content (AvgIpc) is 2.08. The molecular weight excluding hydrogens is 262 g/mol. The minimum Gasteiger partial charge on any atom is -0.281 e. The molecule has 0 aliphatic heterocycles. The van der Waals surface area contributed by atoms with Gasteiger partial charge in [0, 0.05) is 6.42 Å². The van der Waals surface area contributed by atoms with Crippen molar-refractivity contribution in [3.8, 4) is 0 Å².